The molecule has 0 aliphatic carbocycles. The molecule has 5 aromatic rings. The Morgan fingerprint density at radius 1 is 0.872 bits per heavy atom. The van der Waals surface area contributed by atoms with E-state index in [0.717, 1.165) is 27.6 Å². The highest BCUT2D eigenvalue weighted by atomic mass is 16.5. The van der Waals surface area contributed by atoms with Gasteiger partial charge in [-0.3, -0.25) is 4.79 Å². The highest BCUT2D eigenvalue weighted by Gasteiger charge is 2.14. The van der Waals surface area contributed by atoms with Crippen LogP contribution in [-0.2, 0) is 17.9 Å². The summed E-state index contributed by atoms with van der Waals surface area (Å²) in [7, 11) is 0. The molecule has 0 atom stereocenters. The zero-order valence-electron chi connectivity index (χ0n) is 21.0. The number of aromatic nitrogens is 1. The molecular formula is C33H24N4O2. The minimum Gasteiger partial charge on any atom is -0.489 e. The number of amides is 1. The third-order valence-corrected chi connectivity index (χ3v) is 6.32. The molecule has 0 aliphatic heterocycles. The smallest absolute Gasteiger partial charge is 0.266 e. The number of fused-ring (bicyclic) bond motifs is 1. The SMILES string of the molecule is N#C/C(=C\c1cn(Cc2ccccc2C#N)c2ccccc12)C(=O)Nc1ccc(OCc2ccccc2)cc1. The first-order valence-electron chi connectivity index (χ1n) is 12.4. The first kappa shape index (κ1) is 25.1. The second-order valence-electron chi connectivity index (χ2n) is 8.92. The lowest BCUT2D eigenvalue weighted by atomic mass is 10.1. The molecule has 5 rings (SSSR count). The molecule has 0 saturated heterocycles. The van der Waals surface area contributed by atoms with Crippen LogP contribution in [0.15, 0.2) is 115 Å². The van der Waals surface area contributed by atoms with Crippen molar-refractivity contribution < 1.29 is 9.53 Å². The molecule has 4 aromatic carbocycles. The highest BCUT2D eigenvalue weighted by molar-refractivity contribution is 6.10. The van der Waals surface area contributed by atoms with Gasteiger partial charge < -0.3 is 14.6 Å². The molecule has 0 aliphatic rings. The molecule has 188 valence electrons. The van der Waals surface area contributed by atoms with Crippen molar-refractivity contribution >= 4 is 28.6 Å². The maximum Gasteiger partial charge on any atom is 0.266 e. The summed E-state index contributed by atoms with van der Waals surface area (Å²) in [6.07, 6.45) is 3.50. The number of anilines is 1. The molecule has 0 saturated carbocycles. The number of rotatable bonds is 8. The average Bonchev–Trinajstić information content (AvgIpc) is 3.33. The molecule has 0 spiro atoms. The Kier molecular flexibility index (Phi) is 7.48. The van der Waals surface area contributed by atoms with Gasteiger partial charge in [0, 0.05) is 34.9 Å². The van der Waals surface area contributed by atoms with Crippen molar-refractivity contribution in [3.63, 3.8) is 0 Å². The fourth-order valence-electron chi connectivity index (χ4n) is 4.35. The van der Waals surface area contributed by atoms with Gasteiger partial charge in [0.15, 0.2) is 0 Å². The molecular weight excluding hydrogens is 484 g/mol. The van der Waals surface area contributed by atoms with Gasteiger partial charge >= 0.3 is 0 Å². The van der Waals surface area contributed by atoms with Crippen molar-refractivity contribution in [2.75, 3.05) is 5.32 Å². The third-order valence-electron chi connectivity index (χ3n) is 6.32. The monoisotopic (exact) mass is 508 g/mol. The van der Waals surface area contributed by atoms with Crippen LogP contribution in [0.25, 0.3) is 17.0 Å². The normalized spacial score (nSPS) is 11.0. The standard InChI is InChI=1S/C33H24N4O2/c34-19-25-10-4-5-11-26(25)21-37-22-28(31-12-6-7-13-32(31)37)18-27(20-35)33(38)36-29-14-16-30(17-15-29)39-23-24-8-2-1-3-9-24/h1-18,22H,21,23H2,(H,36,38)/b27-18+. The van der Waals surface area contributed by atoms with E-state index < -0.39 is 5.91 Å². The fourth-order valence-corrected chi connectivity index (χ4v) is 4.35. The Bertz CT molecular complexity index is 1740. The molecule has 6 nitrogen and oxygen atoms in total. The number of carbonyl (C=O) groups excluding carboxylic acids is 1. The van der Waals surface area contributed by atoms with E-state index in [9.17, 15) is 15.3 Å². The van der Waals surface area contributed by atoms with Crippen LogP contribution < -0.4 is 10.1 Å². The Morgan fingerprint density at radius 3 is 2.36 bits per heavy atom. The zero-order valence-corrected chi connectivity index (χ0v) is 21.0. The summed E-state index contributed by atoms with van der Waals surface area (Å²) in [6.45, 7) is 0.939. The lowest BCUT2D eigenvalue weighted by molar-refractivity contribution is -0.112. The van der Waals surface area contributed by atoms with Crippen molar-refractivity contribution in [2.24, 2.45) is 0 Å². The summed E-state index contributed by atoms with van der Waals surface area (Å²) in [5.74, 6) is 0.181. The predicted octanol–water partition coefficient (Wildman–Crippen LogP) is 6.69. The van der Waals surface area contributed by atoms with Gasteiger partial charge in [0.25, 0.3) is 5.91 Å². The Morgan fingerprint density at radius 2 is 1.59 bits per heavy atom. The number of carbonyl (C=O) groups is 1. The summed E-state index contributed by atoms with van der Waals surface area (Å²) < 4.78 is 7.83. The second kappa shape index (κ2) is 11.6. The zero-order chi connectivity index (χ0) is 27.0. The van der Waals surface area contributed by atoms with Crippen LogP contribution in [0, 0.1) is 22.7 Å². The van der Waals surface area contributed by atoms with Gasteiger partial charge in [0.05, 0.1) is 11.6 Å². The van der Waals surface area contributed by atoms with Crippen molar-refractivity contribution in [2.45, 2.75) is 13.2 Å². The van der Waals surface area contributed by atoms with Gasteiger partial charge in [0.2, 0.25) is 0 Å². The number of benzene rings is 4. The van der Waals surface area contributed by atoms with Crippen LogP contribution in [-0.4, -0.2) is 10.5 Å². The number of nitrogens with one attached hydrogen (secondary N) is 1. The topological polar surface area (TPSA) is 90.8 Å². The molecule has 39 heavy (non-hydrogen) atoms. The van der Waals surface area contributed by atoms with E-state index in [1.807, 2.05) is 89.6 Å². The number of hydrogen-bond donors (Lipinski definition) is 1. The Balaban J connectivity index is 1.33. The highest BCUT2D eigenvalue weighted by Crippen LogP contribution is 2.26. The van der Waals surface area contributed by atoms with Crippen molar-refractivity contribution in [3.8, 4) is 17.9 Å². The van der Waals surface area contributed by atoms with E-state index in [1.54, 1.807) is 36.4 Å². The molecule has 1 amide bonds. The Hall–Kier alpha value is -5.59. The van der Waals surface area contributed by atoms with Crippen LogP contribution >= 0.6 is 0 Å². The van der Waals surface area contributed by atoms with Crippen LogP contribution in [0.1, 0.15) is 22.3 Å². The van der Waals surface area contributed by atoms with Gasteiger partial charge in [-0.15, -0.1) is 0 Å². The molecule has 0 radical (unpaired) electrons. The number of nitriles is 2. The largest absolute Gasteiger partial charge is 0.489 e. The summed E-state index contributed by atoms with van der Waals surface area (Å²) in [5.41, 5.74) is 4.81. The van der Waals surface area contributed by atoms with E-state index in [2.05, 4.69) is 11.4 Å². The van der Waals surface area contributed by atoms with Gasteiger partial charge in [-0.1, -0.05) is 66.7 Å². The summed E-state index contributed by atoms with van der Waals surface area (Å²) in [5, 5.41) is 23.0. The minimum atomic E-state index is -0.498. The first-order chi connectivity index (χ1) is 19.1. The number of nitrogens with zero attached hydrogens (tertiary/aromatic N) is 3. The molecule has 1 heterocycles. The van der Waals surface area contributed by atoms with Gasteiger partial charge in [-0.05, 0) is 53.6 Å². The predicted molar refractivity (Wildman–Crippen MR) is 152 cm³/mol. The van der Waals surface area contributed by atoms with Gasteiger partial charge in [-0.2, -0.15) is 10.5 Å². The first-order valence-corrected chi connectivity index (χ1v) is 12.4. The van der Waals surface area contributed by atoms with E-state index in [-0.39, 0.29) is 5.57 Å². The second-order valence-corrected chi connectivity index (χ2v) is 8.92. The van der Waals surface area contributed by atoms with E-state index in [0.29, 0.717) is 30.2 Å². The van der Waals surface area contributed by atoms with Crippen molar-refractivity contribution in [1.82, 2.24) is 4.57 Å². The molecule has 1 N–H and O–H groups in total. The maximum atomic E-state index is 13.0. The lowest BCUT2D eigenvalue weighted by Gasteiger charge is -2.08. The minimum absolute atomic E-state index is 0.0141. The Labute approximate surface area is 226 Å². The van der Waals surface area contributed by atoms with Gasteiger partial charge in [0.1, 0.15) is 24.0 Å². The molecule has 1 aromatic heterocycles. The molecule has 0 bridgehead atoms. The molecule has 0 unspecified atom stereocenters. The number of hydrogen-bond acceptors (Lipinski definition) is 4. The summed E-state index contributed by atoms with van der Waals surface area (Å²) in [6, 6.07) is 36.4. The van der Waals surface area contributed by atoms with Crippen LogP contribution in [0.5, 0.6) is 5.75 Å². The summed E-state index contributed by atoms with van der Waals surface area (Å²) >= 11 is 0. The van der Waals surface area contributed by atoms with E-state index in [4.69, 9.17) is 4.74 Å². The van der Waals surface area contributed by atoms with E-state index in [1.165, 1.54) is 0 Å². The van der Waals surface area contributed by atoms with Gasteiger partial charge in [-0.25, -0.2) is 0 Å². The maximum absolute atomic E-state index is 13.0. The lowest BCUT2D eigenvalue weighted by Crippen LogP contribution is -2.13. The van der Waals surface area contributed by atoms with Crippen molar-refractivity contribution in [3.05, 3.63) is 137 Å². The quantitative estimate of drug-likeness (QED) is 0.187. The third kappa shape index (κ3) is 5.88. The van der Waals surface area contributed by atoms with Crippen LogP contribution in [0.4, 0.5) is 5.69 Å². The van der Waals surface area contributed by atoms with Crippen molar-refractivity contribution in [1.29, 1.82) is 10.5 Å². The fraction of sp³-hybridized carbons (Fsp3) is 0.0606. The number of para-hydroxylation sites is 1. The van der Waals surface area contributed by atoms with Crippen LogP contribution in [0.3, 0.4) is 0 Å². The molecule has 6 heteroatoms. The molecule has 0 fully saturated rings. The summed E-state index contributed by atoms with van der Waals surface area (Å²) in [4.78, 5) is 13.0. The number of ether oxygens (including phenoxy) is 1. The average molecular weight is 509 g/mol. The van der Waals surface area contributed by atoms with Crippen LogP contribution in [0.2, 0.25) is 0 Å². The van der Waals surface area contributed by atoms with E-state index >= 15 is 0 Å².